The Morgan fingerprint density at radius 1 is 0.917 bits per heavy atom. The van der Waals surface area contributed by atoms with Crippen molar-refractivity contribution in [1.82, 2.24) is 10.3 Å². The molecule has 1 heterocycles. The summed E-state index contributed by atoms with van der Waals surface area (Å²) in [5.74, 6) is 1.40. The van der Waals surface area contributed by atoms with E-state index in [2.05, 4.69) is 15.6 Å². The van der Waals surface area contributed by atoms with E-state index < -0.39 is 0 Å². The smallest absolute Gasteiger partial charge is 0.319 e. The van der Waals surface area contributed by atoms with Gasteiger partial charge in [0.05, 0.1) is 12.2 Å². The Balaban J connectivity index is 1.57. The van der Waals surface area contributed by atoms with Gasteiger partial charge < -0.3 is 15.4 Å². The third-order valence-electron chi connectivity index (χ3n) is 3.23. The average molecular weight is 319 g/mol. The van der Waals surface area contributed by atoms with Gasteiger partial charge >= 0.3 is 6.03 Å². The summed E-state index contributed by atoms with van der Waals surface area (Å²) in [6, 6.07) is 22.0. The van der Waals surface area contributed by atoms with Crippen molar-refractivity contribution in [1.29, 1.82) is 0 Å². The molecule has 0 saturated carbocycles. The van der Waals surface area contributed by atoms with Gasteiger partial charge in [0.2, 0.25) is 0 Å². The summed E-state index contributed by atoms with van der Waals surface area (Å²) in [6.07, 6.45) is 1.69. The molecule has 2 aromatic carbocycles. The molecular weight excluding hydrogens is 302 g/mol. The maximum atomic E-state index is 12.0. The fourth-order valence-electron chi connectivity index (χ4n) is 2.11. The summed E-state index contributed by atoms with van der Waals surface area (Å²) in [5, 5.41) is 5.54. The number of aromatic nitrogens is 1. The fraction of sp³-hybridized carbons (Fsp3) is 0.0526. The zero-order valence-corrected chi connectivity index (χ0v) is 13.0. The fourth-order valence-corrected chi connectivity index (χ4v) is 2.11. The predicted molar refractivity (Wildman–Crippen MR) is 93.1 cm³/mol. The van der Waals surface area contributed by atoms with Gasteiger partial charge in [-0.3, -0.25) is 4.98 Å². The number of amides is 2. The maximum Gasteiger partial charge on any atom is 0.319 e. The number of hydrogen-bond donors (Lipinski definition) is 2. The van der Waals surface area contributed by atoms with Crippen LogP contribution in [0, 0.1) is 0 Å². The normalized spacial score (nSPS) is 10.0. The molecule has 0 radical (unpaired) electrons. The molecule has 0 fully saturated rings. The first kappa shape index (κ1) is 15.6. The first-order valence-electron chi connectivity index (χ1n) is 7.57. The van der Waals surface area contributed by atoms with E-state index in [-0.39, 0.29) is 6.03 Å². The minimum absolute atomic E-state index is 0.294. The molecule has 5 heteroatoms. The summed E-state index contributed by atoms with van der Waals surface area (Å²) < 4.78 is 5.75. The number of nitrogens with zero attached hydrogens (tertiary/aromatic N) is 1. The van der Waals surface area contributed by atoms with Gasteiger partial charge in [0.1, 0.15) is 11.5 Å². The van der Waals surface area contributed by atoms with Crippen molar-refractivity contribution in [3.8, 4) is 11.5 Å². The van der Waals surface area contributed by atoms with Crippen LogP contribution in [0.4, 0.5) is 10.5 Å². The Hall–Kier alpha value is -3.34. The molecule has 2 N–H and O–H groups in total. The molecular formula is C19H17N3O2. The number of anilines is 1. The van der Waals surface area contributed by atoms with Crippen LogP contribution in [0.5, 0.6) is 11.5 Å². The average Bonchev–Trinajstić information content (AvgIpc) is 2.62. The summed E-state index contributed by atoms with van der Waals surface area (Å²) in [4.78, 5) is 16.1. The van der Waals surface area contributed by atoms with Crippen LogP contribution in [-0.4, -0.2) is 11.0 Å². The van der Waals surface area contributed by atoms with E-state index in [1.807, 2.05) is 60.7 Å². The van der Waals surface area contributed by atoms with Crippen molar-refractivity contribution >= 4 is 11.7 Å². The minimum Gasteiger partial charge on any atom is -0.457 e. The van der Waals surface area contributed by atoms with Gasteiger partial charge in [0.15, 0.2) is 0 Å². The lowest BCUT2D eigenvalue weighted by atomic mass is 10.3. The van der Waals surface area contributed by atoms with Crippen LogP contribution < -0.4 is 15.4 Å². The number of urea groups is 1. The second-order valence-electron chi connectivity index (χ2n) is 5.07. The van der Waals surface area contributed by atoms with Crippen LogP contribution in [-0.2, 0) is 6.54 Å². The van der Waals surface area contributed by atoms with Crippen LogP contribution in [0.1, 0.15) is 5.69 Å². The Labute approximate surface area is 140 Å². The number of rotatable bonds is 5. The SMILES string of the molecule is O=C(NCc1ccccn1)Nc1cccc(Oc2ccccc2)c1. The number of pyridine rings is 1. The van der Waals surface area contributed by atoms with E-state index in [9.17, 15) is 4.79 Å². The highest BCUT2D eigenvalue weighted by Gasteiger charge is 2.04. The Morgan fingerprint density at radius 2 is 1.71 bits per heavy atom. The first-order chi connectivity index (χ1) is 11.8. The molecule has 24 heavy (non-hydrogen) atoms. The van der Waals surface area contributed by atoms with E-state index in [1.165, 1.54) is 0 Å². The van der Waals surface area contributed by atoms with Crippen molar-refractivity contribution in [3.63, 3.8) is 0 Å². The van der Waals surface area contributed by atoms with Gasteiger partial charge in [-0.2, -0.15) is 0 Å². The largest absolute Gasteiger partial charge is 0.457 e. The van der Waals surface area contributed by atoms with Gasteiger partial charge in [-0.25, -0.2) is 4.79 Å². The summed E-state index contributed by atoms with van der Waals surface area (Å²) in [6.45, 7) is 0.368. The lowest BCUT2D eigenvalue weighted by Crippen LogP contribution is -2.28. The zero-order valence-electron chi connectivity index (χ0n) is 13.0. The molecule has 3 rings (SSSR count). The van der Waals surface area contributed by atoms with Crippen LogP contribution in [0.2, 0.25) is 0 Å². The third-order valence-corrected chi connectivity index (χ3v) is 3.23. The van der Waals surface area contributed by atoms with Gasteiger partial charge in [-0.15, -0.1) is 0 Å². The third kappa shape index (κ3) is 4.58. The van der Waals surface area contributed by atoms with Crippen molar-refractivity contribution in [2.45, 2.75) is 6.54 Å². The van der Waals surface area contributed by atoms with Gasteiger partial charge in [0.25, 0.3) is 0 Å². The molecule has 1 aromatic heterocycles. The second kappa shape index (κ2) is 7.78. The quantitative estimate of drug-likeness (QED) is 0.741. The molecule has 0 aliphatic heterocycles. The van der Waals surface area contributed by atoms with Crippen LogP contribution in [0.25, 0.3) is 0 Å². The van der Waals surface area contributed by atoms with E-state index in [0.29, 0.717) is 18.0 Å². The summed E-state index contributed by atoms with van der Waals surface area (Å²) in [7, 11) is 0. The van der Waals surface area contributed by atoms with E-state index in [0.717, 1.165) is 11.4 Å². The van der Waals surface area contributed by atoms with Crippen molar-refractivity contribution < 1.29 is 9.53 Å². The number of para-hydroxylation sites is 1. The Morgan fingerprint density at radius 3 is 2.50 bits per heavy atom. The molecule has 120 valence electrons. The van der Waals surface area contributed by atoms with Crippen LogP contribution in [0.15, 0.2) is 79.0 Å². The summed E-state index contributed by atoms with van der Waals surface area (Å²) >= 11 is 0. The van der Waals surface area contributed by atoms with Crippen LogP contribution >= 0.6 is 0 Å². The van der Waals surface area contributed by atoms with Gasteiger partial charge in [-0.1, -0.05) is 30.3 Å². The number of carbonyl (C=O) groups is 1. The first-order valence-corrected chi connectivity index (χ1v) is 7.57. The number of ether oxygens (including phenoxy) is 1. The molecule has 5 nitrogen and oxygen atoms in total. The Bertz CT molecular complexity index is 792. The highest BCUT2D eigenvalue weighted by molar-refractivity contribution is 5.89. The minimum atomic E-state index is -0.294. The molecule has 0 aliphatic carbocycles. The van der Waals surface area contributed by atoms with E-state index in [1.54, 1.807) is 18.3 Å². The van der Waals surface area contributed by atoms with E-state index >= 15 is 0 Å². The monoisotopic (exact) mass is 319 g/mol. The number of carbonyl (C=O) groups excluding carboxylic acids is 1. The molecule has 0 unspecified atom stereocenters. The Kier molecular flexibility index (Phi) is 5.04. The number of benzene rings is 2. The zero-order chi connectivity index (χ0) is 16.6. The standard InChI is InChI=1S/C19H17N3O2/c23-19(21-14-16-7-4-5-12-20-16)22-15-8-6-11-18(13-15)24-17-9-2-1-3-10-17/h1-13H,14H2,(H2,21,22,23). The highest BCUT2D eigenvalue weighted by Crippen LogP contribution is 2.23. The van der Waals surface area contributed by atoms with Gasteiger partial charge in [-0.05, 0) is 36.4 Å². The maximum absolute atomic E-state index is 12.0. The van der Waals surface area contributed by atoms with E-state index in [4.69, 9.17) is 4.74 Å². The number of nitrogens with one attached hydrogen (secondary N) is 2. The second-order valence-corrected chi connectivity index (χ2v) is 5.07. The molecule has 3 aromatic rings. The van der Waals surface area contributed by atoms with Crippen molar-refractivity contribution in [2.24, 2.45) is 0 Å². The lowest BCUT2D eigenvalue weighted by Gasteiger charge is -2.10. The summed E-state index contributed by atoms with van der Waals surface area (Å²) in [5.41, 5.74) is 1.45. The lowest BCUT2D eigenvalue weighted by molar-refractivity contribution is 0.251. The topological polar surface area (TPSA) is 63.2 Å². The molecule has 0 aliphatic rings. The molecule has 0 bridgehead atoms. The van der Waals surface area contributed by atoms with Crippen LogP contribution in [0.3, 0.4) is 0 Å². The molecule has 0 spiro atoms. The van der Waals surface area contributed by atoms with Gasteiger partial charge in [0, 0.05) is 18.0 Å². The predicted octanol–water partition coefficient (Wildman–Crippen LogP) is 4.20. The highest BCUT2D eigenvalue weighted by atomic mass is 16.5. The molecule has 0 atom stereocenters. The number of hydrogen-bond acceptors (Lipinski definition) is 3. The van der Waals surface area contributed by atoms with Crippen molar-refractivity contribution in [2.75, 3.05) is 5.32 Å². The van der Waals surface area contributed by atoms with Crippen molar-refractivity contribution in [3.05, 3.63) is 84.7 Å². The molecule has 0 saturated heterocycles. The molecule has 2 amide bonds.